The molecular weight excluding hydrogens is 290 g/mol. The van der Waals surface area contributed by atoms with Crippen LogP contribution in [0.5, 0.6) is 0 Å². The number of nitrogens with two attached hydrogens (primary N) is 1. The fourth-order valence-electron chi connectivity index (χ4n) is 1.85. The summed E-state index contributed by atoms with van der Waals surface area (Å²) < 4.78 is 0. The van der Waals surface area contributed by atoms with Crippen LogP contribution in [0.25, 0.3) is 10.2 Å². The predicted molar refractivity (Wildman–Crippen MR) is 84.0 cm³/mol. The molecule has 0 aliphatic carbocycles. The Morgan fingerprint density at radius 2 is 2.00 bits per heavy atom. The molecule has 3 N–H and O–H groups in total. The molecule has 102 valence electrons. The molecule has 0 radical (unpaired) electrons. The van der Waals surface area contributed by atoms with E-state index in [1.165, 1.54) is 23.1 Å². The molecule has 3 aromatic rings. The summed E-state index contributed by atoms with van der Waals surface area (Å²) in [6, 6.07) is 11.5. The Morgan fingerprint density at radius 3 is 2.80 bits per heavy atom. The predicted octanol–water partition coefficient (Wildman–Crippen LogP) is 3.10. The summed E-state index contributed by atoms with van der Waals surface area (Å²) in [6.07, 6.45) is -0.537. The van der Waals surface area contributed by atoms with Crippen LogP contribution in [0.4, 0.5) is 5.82 Å². The van der Waals surface area contributed by atoms with E-state index in [1.54, 1.807) is 0 Å². The number of aliphatic hydroxyl groups excluding tert-OH is 1. The molecule has 0 fully saturated rings. The Bertz CT molecular complexity index is 715. The highest BCUT2D eigenvalue weighted by molar-refractivity contribution is 7.99. The van der Waals surface area contributed by atoms with Gasteiger partial charge in [-0.05, 0) is 17.0 Å². The van der Waals surface area contributed by atoms with Crippen molar-refractivity contribution in [2.24, 2.45) is 0 Å². The Hall–Kier alpha value is -1.63. The first kappa shape index (κ1) is 13.4. The summed E-state index contributed by atoms with van der Waals surface area (Å²) in [6.45, 7) is 0. The minimum atomic E-state index is -0.537. The van der Waals surface area contributed by atoms with E-state index in [1.807, 2.05) is 41.8 Å². The summed E-state index contributed by atoms with van der Waals surface area (Å²) in [5, 5.41) is 13.6. The molecule has 0 unspecified atom stereocenters. The lowest BCUT2D eigenvalue weighted by Crippen LogP contribution is -2.02. The molecule has 0 aliphatic heterocycles. The largest absolute Gasteiger partial charge is 0.388 e. The molecule has 2 heterocycles. The van der Waals surface area contributed by atoms with Crippen LogP contribution in [0.1, 0.15) is 11.7 Å². The smallest absolute Gasteiger partial charge is 0.190 e. The van der Waals surface area contributed by atoms with Crippen molar-refractivity contribution in [3.8, 4) is 0 Å². The van der Waals surface area contributed by atoms with Crippen LogP contribution in [0.2, 0.25) is 0 Å². The van der Waals surface area contributed by atoms with Gasteiger partial charge in [-0.15, -0.1) is 11.3 Å². The standard InChI is InChI=1S/C14H13N3OS2/c15-12-10-6-7-19-13(10)17-14(16-12)20-8-11(18)9-4-2-1-3-5-9/h1-7,11,18H,8H2,(H2,15,16,17)/t11-/m0/s1. The first-order chi connectivity index (χ1) is 9.74. The summed E-state index contributed by atoms with van der Waals surface area (Å²) in [5.41, 5.74) is 6.79. The lowest BCUT2D eigenvalue weighted by atomic mass is 10.1. The number of hydrogen-bond donors (Lipinski definition) is 2. The third-order valence-electron chi connectivity index (χ3n) is 2.89. The van der Waals surface area contributed by atoms with Gasteiger partial charge in [0.05, 0.1) is 11.5 Å². The van der Waals surface area contributed by atoms with Crippen molar-refractivity contribution in [2.75, 3.05) is 11.5 Å². The fourth-order valence-corrected chi connectivity index (χ4v) is 3.50. The average Bonchev–Trinajstić information content (AvgIpc) is 2.94. The zero-order chi connectivity index (χ0) is 13.9. The highest BCUT2D eigenvalue weighted by Crippen LogP contribution is 2.28. The Balaban J connectivity index is 1.73. The lowest BCUT2D eigenvalue weighted by Gasteiger charge is -2.09. The monoisotopic (exact) mass is 303 g/mol. The van der Waals surface area contributed by atoms with Gasteiger partial charge in [-0.25, -0.2) is 9.97 Å². The van der Waals surface area contributed by atoms with Crippen LogP contribution in [0, 0.1) is 0 Å². The third-order valence-corrected chi connectivity index (χ3v) is 4.62. The van der Waals surface area contributed by atoms with E-state index in [-0.39, 0.29) is 0 Å². The molecule has 0 saturated heterocycles. The van der Waals surface area contributed by atoms with E-state index >= 15 is 0 Å². The van der Waals surface area contributed by atoms with Gasteiger partial charge in [0.2, 0.25) is 0 Å². The number of benzene rings is 1. The normalized spacial score (nSPS) is 12.7. The Morgan fingerprint density at radius 1 is 1.20 bits per heavy atom. The van der Waals surface area contributed by atoms with E-state index in [0.717, 1.165) is 15.8 Å². The van der Waals surface area contributed by atoms with E-state index in [9.17, 15) is 5.11 Å². The van der Waals surface area contributed by atoms with Gasteiger partial charge in [0, 0.05) is 5.75 Å². The molecule has 1 atom stereocenters. The number of rotatable bonds is 4. The molecule has 1 aromatic carbocycles. The maximum absolute atomic E-state index is 10.1. The SMILES string of the molecule is Nc1nc(SC[C@H](O)c2ccccc2)nc2sccc12. The number of aromatic nitrogens is 2. The summed E-state index contributed by atoms with van der Waals surface area (Å²) in [5.74, 6) is 0.994. The van der Waals surface area contributed by atoms with Gasteiger partial charge in [-0.2, -0.15) is 0 Å². The van der Waals surface area contributed by atoms with E-state index in [4.69, 9.17) is 5.73 Å². The second-order valence-corrected chi connectivity index (χ2v) is 6.15. The lowest BCUT2D eigenvalue weighted by molar-refractivity contribution is 0.204. The minimum Gasteiger partial charge on any atom is -0.388 e. The molecule has 20 heavy (non-hydrogen) atoms. The zero-order valence-corrected chi connectivity index (χ0v) is 12.2. The number of hydrogen-bond acceptors (Lipinski definition) is 6. The molecule has 2 aromatic heterocycles. The van der Waals surface area contributed by atoms with Crippen LogP contribution in [-0.4, -0.2) is 20.8 Å². The molecule has 0 spiro atoms. The second-order valence-electron chi connectivity index (χ2n) is 4.27. The van der Waals surface area contributed by atoms with Crippen molar-refractivity contribution < 1.29 is 5.11 Å². The minimum absolute atomic E-state index is 0.493. The number of fused-ring (bicyclic) bond motifs is 1. The highest BCUT2D eigenvalue weighted by Gasteiger charge is 2.11. The summed E-state index contributed by atoms with van der Waals surface area (Å²) >= 11 is 2.95. The topological polar surface area (TPSA) is 72.0 Å². The Labute approximate surface area is 124 Å². The maximum Gasteiger partial charge on any atom is 0.190 e. The van der Waals surface area contributed by atoms with Gasteiger partial charge in [-0.1, -0.05) is 42.1 Å². The highest BCUT2D eigenvalue weighted by atomic mass is 32.2. The zero-order valence-electron chi connectivity index (χ0n) is 10.6. The van der Waals surface area contributed by atoms with Crippen molar-refractivity contribution in [2.45, 2.75) is 11.3 Å². The molecule has 0 bridgehead atoms. The van der Waals surface area contributed by atoms with E-state index in [2.05, 4.69) is 9.97 Å². The van der Waals surface area contributed by atoms with Gasteiger partial charge in [-0.3, -0.25) is 0 Å². The molecule has 4 nitrogen and oxygen atoms in total. The second kappa shape index (κ2) is 5.78. The van der Waals surface area contributed by atoms with Gasteiger partial charge in [0.1, 0.15) is 10.6 Å². The maximum atomic E-state index is 10.1. The number of thioether (sulfide) groups is 1. The molecule has 0 amide bonds. The first-order valence-corrected chi connectivity index (χ1v) is 7.97. The van der Waals surface area contributed by atoms with Gasteiger partial charge in [0.25, 0.3) is 0 Å². The number of thiophene rings is 1. The van der Waals surface area contributed by atoms with Crippen molar-refractivity contribution in [3.05, 3.63) is 47.3 Å². The number of nitrogens with zero attached hydrogens (tertiary/aromatic N) is 2. The number of aliphatic hydroxyl groups is 1. The van der Waals surface area contributed by atoms with Crippen LogP contribution in [-0.2, 0) is 0 Å². The van der Waals surface area contributed by atoms with Crippen molar-refractivity contribution in [1.29, 1.82) is 0 Å². The number of nitrogen functional groups attached to an aromatic ring is 1. The van der Waals surface area contributed by atoms with Crippen LogP contribution >= 0.6 is 23.1 Å². The van der Waals surface area contributed by atoms with Crippen molar-refractivity contribution >= 4 is 39.1 Å². The van der Waals surface area contributed by atoms with Crippen molar-refractivity contribution in [1.82, 2.24) is 9.97 Å². The molecule has 6 heteroatoms. The van der Waals surface area contributed by atoms with Crippen LogP contribution < -0.4 is 5.73 Å². The molecule has 3 rings (SSSR count). The quantitative estimate of drug-likeness (QED) is 0.572. The van der Waals surface area contributed by atoms with Gasteiger partial charge >= 0.3 is 0 Å². The number of anilines is 1. The Kier molecular flexibility index (Phi) is 3.86. The molecule has 0 saturated carbocycles. The average molecular weight is 303 g/mol. The van der Waals surface area contributed by atoms with Crippen LogP contribution in [0.15, 0.2) is 46.9 Å². The summed E-state index contributed by atoms with van der Waals surface area (Å²) in [7, 11) is 0. The summed E-state index contributed by atoms with van der Waals surface area (Å²) in [4.78, 5) is 9.59. The van der Waals surface area contributed by atoms with Crippen molar-refractivity contribution in [3.63, 3.8) is 0 Å². The third kappa shape index (κ3) is 2.77. The first-order valence-electron chi connectivity index (χ1n) is 6.10. The van der Waals surface area contributed by atoms with E-state index < -0.39 is 6.10 Å². The molecular formula is C14H13N3OS2. The fraction of sp³-hybridized carbons (Fsp3) is 0.143. The van der Waals surface area contributed by atoms with E-state index in [0.29, 0.717) is 16.7 Å². The van der Waals surface area contributed by atoms with Crippen LogP contribution in [0.3, 0.4) is 0 Å². The van der Waals surface area contributed by atoms with Gasteiger partial charge < -0.3 is 10.8 Å². The molecule has 0 aliphatic rings. The van der Waals surface area contributed by atoms with Gasteiger partial charge in [0.15, 0.2) is 5.16 Å².